The van der Waals surface area contributed by atoms with E-state index in [1.165, 1.54) is 15.6 Å². The predicted molar refractivity (Wildman–Crippen MR) is 78.4 cm³/mol. The van der Waals surface area contributed by atoms with Crippen LogP contribution in [0.15, 0.2) is 22.7 Å². The summed E-state index contributed by atoms with van der Waals surface area (Å²) in [7, 11) is 2.16. The van der Waals surface area contributed by atoms with E-state index in [1.807, 2.05) is 0 Å². The van der Waals surface area contributed by atoms with Gasteiger partial charge in [0.15, 0.2) is 0 Å². The van der Waals surface area contributed by atoms with Crippen LogP contribution in [0.4, 0.5) is 0 Å². The molecule has 0 amide bonds. The second kappa shape index (κ2) is 7.14. The number of likely N-dealkylation sites (N-methyl/N-ethyl adjacent to an activating group) is 1. The van der Waals surface area contributed by atoms with Gasteiger partial charge in [-0.05, 0) is 25.6 Å². The Morgan fingerprint density at radius 1 is 1.35 bits per heavy atom. The van der Waals surface area contributed by atoms with Gasteiger partial charge in [-0.2, -0.15) is 0 Å². The zero-order valence-electron chi connectivity index (χ0n) is 11.3. The SMILES string of the molecule is Cc1ccc(Br)c(CN(C)CCNC(C)C)c1. The average molecular weight is 299 g/mol. The van der Waals surface area contributed by atoms with Crippen molar-refractivity contribution in [2.45, 2.75) is 33.4 Å². The molecule has 0 unspecified atom stereocenters. The van der Waals surface area contributed by atoms with Gasteiger partial charge in [0.05, 0.1) is 0 Å². The van der Waals surface area contributed by atoms with Crippen molar-refractivity contribution in [1.82, 2.24) is 10.2 Å². The van der Waals surface area contributed by atoms with Crippen molar-refractivity contribution in [2.75, 3.05) is 20.1 Å². The molecule has 0 aliphatic rings. The molecule has 1 aromatic carbocycles. The fourth-order valence-electron chi connectivity index (χ4n) is 1.74. The lowest BCUT2D eigenvalue weighted by molar-refractivity contribution is 0.319. The minimum atomic E-state index is 0.564. The molecule has 17 heavy (non-hydrogen) atoms. The van der Waals surface area contributed by atoms with Crippen LogP contribution in [0, 0.1) is 6.92 Å². The minimum absolute atomic E-state index is 0.564. The number of hydrogen-bond acceptors (Lipinski definition) is 2. The highest BCUT2D eigenvalue weighted by atomic mass is 79.9. The summed E-state index contributed by atoms with van der Waals surface area (Å²) in [5.74, 6) is 0. The van der Waals surface area contributed by atoms with E-state index in [2.05, 4.69) is 72.2 Å². The first-order chi connectivity index (χ1) is 7.99. The molecule has 0 heterocycles. The number of aryl methyl sites for hydroxylation is 1. The third-order valence-electron chi connectivity index (χ3n) is 2.69. The van der Waals surface area contributed by atoms with Crippen LogP contribution in [-0.4, -0.2) is 31.1 Å². The average Bonchev–Trinajstić information content (AvgIpc) is 2.23. The molecule has 0 spiro atoms. The summed E-state index contributed by atoms with van der Waals surface area (Å²) in [6.07, 6.45) is 0. The van der Waals surface area contributed by atoms with E-state index >= 15 is 0 Å². The fraction of sp³-hybridized carbons (Fsp3) is 0.571. The van der Waals surface area contributed by atoms with E-state index < -0.39 is 0 Å². The molecule has 0 atom stereocenters. The van der Waals surface area contributed by atoms with Crippen molar-refractivity contribution in [3.05, 3.63) is 33.8 Å². The first-order valence-electron chi connectivity index (χ1n) is 6.16. The molecular weight excluding hydrogens is 276 g/mol. The summed E-state index contributed by atoms with van der Waals surface area (Å²) in [6, 6.07) is 7.07. The maximum Gasteiger partial charge on any atom is 0.0242 e. The number of rotatable bonds is 6. The molecular formula is C14H23BrN2. The van der Waals surface area contributed by atoms with Crippen LogP contribution in [0.25, 0.3) is 0 Å². The maximum atomic E-state index is 3.61. The van der Waals surface area contributed by atoms with Crippen LogP contribution < -0.4 is 5.32 Å². The van der Waals surface area contributed by atoms with Crippen molar-refractivity contribution in [3.8, 4) is 0 Å². The van der Waals surface area contributed by atoms with E-state index in [9.17, 15) is 0 Å². The molecule has 1 aromatic rings. The number of benzene rings is 1. The number of nitrogens with zero attached hydrogens (tertiary/aromatic N) is 1. The summed E-state index contributed by atoms with van der Waals surface area (Å²) < 4.78 is 1.20. The number of hydrogen-bond donors (Lipinski definition) is 1. The monoisotopic (exact) mass is 298 g/mol. The third kappa shape index (κ3) is 5.66. The molecule has 0 saturated carbocycles. The standard InChI is InChI=1S/C14H23BrN2/c1-11(2)16-7-8-17(4)10-13-9-12(3)5-6-14(13)15/h5-6,9,11,16H,7-8,10H2,1-4H3. The summed E-state index contributed by atoms with van der Waals surface area (Å²) in [6.45, 7) is 9.59. The van der Waals surface area contributed by atoms with E-state index in [0.29, 0.717) is 6.04 Å². The lowest BCUT2D eigenvalue weighted by Gasteiger charge is -2.19. The van der Waals surface area contributed by atoms with E-state index in [4.69, 9.17) is 0 Å². The Bertz CT molecular complexity index is 350. The molecule has 3 heteroatoms. The fourth-order valence-corrected chi connectivity index (χ4v) is 2.11. The summed E-state index contributed by atoms with van der Waals surface area (Å²) in [4.78, 5) is 2.34. The maximum absolute atomic E-state index is 3.61. The number of nitrogens with one attached hydrogen (secondary N) is 1. The number of halogens is 1. The zero-order chi connectivity index (χ0) is 12.8. The topological polar surface area (TPSA) is 15.3 Å². The van der Waals surface area contributed by atoms with Crippen molar-refractivity contribution in [1.29, 1.82) is 0 Å². The Balaban J connectivity index is 2.44. The smallest absolute Gasteiger partial charge is 0.0242 e. The third-order valence-corrected chi connectivity index (χ3v) is 3.46. The van der Waals surface area contributed by atoms with Gasteiger partial charge in [-0.1, -0.05) is 47.5 Å². The molecule has 0 radical (unpaired) electrons. The van der Waals surface area contributed by atoms with Crippen molar-refractivity contribution < 1.29 is 0 Å². The van der Waals surface area contributed by atoms with Gasteiger partial charge in [0.25, 0.3) is 0 Å². The first-order valence-corrected chi connectivity index (χ1v) is 6.95. The summed E-state index contributed by atoms with van der Waals surface area (Å²) in [5, 5.41) is 3.43. The molecule has 0 aromatic heterocycles. The second-order valence-electron chi connectivity index (χ2n) is 4.94. The van der Waals surface area contributed by atoms with Gasteiger partial charge >= 0.3 is 0 Å². The molecule has 1 rings (SSSR count). The highest BCUT2D eigenvalue weighted by Crippen LogP contribution is 2.19. The van der Waals surface area contributed by atoms with Gasteiger partial charge in [0.2, 0.25) is 0 Å². The molecule has 1 N–H and O–H groups in total. The van der Waals surface area contributed by atoms with Crippen LogP contribution >= 0.6 is 15.9 Å². The van der Waals surface area contributed by atoms with Crippen LogP contribution in [0.1, 0.15) is 25.0 Å². The Morgan fingerprint density at radius 3 is 2.71 bits per heavy atom. The quantitative estimate of drug-likeness (QED) is 0.868. The molecule has 2 nitrogen and oxygen atoms in total. The van der Waals surface area contributed by atoms with Crippen LogP contribution in [0.5, 0.6) is 0 Å². The first kappa shape index (κ1) is 14.7. The van der Waals surface area contributed by atoms with Crippen LogP contribution in [0.2, 0.25) is 0 Å². The van der Waals surface area contributed by atoms with Gasteiger partial charge in [-0.15, -0.1) is 0 Å². The highest BCUT2D eigenvalue weighted by Gasteiger charge is 2.04. The lowest BCUT2D eigenvalue weighted by Crippen LogP contribution is -2.32. The van der Waals surface area contributed by atoms with Gasteiger partial charge in [-0.25, -0.2) is 0 Å². The normalized spacial score (nSPS) is 11.5. The van der Waals surface area contributed by atoms with Crippen molar-refractivity contribution in [3.63, 3.8) is 0 Å². The zero-order valence-corrected chi connectivity index (χ0v) is 12.8. The summed E-state index contributed by atoms with van der Waals surface area (Å²) >= 11 is 3.61. The summed E-state index contributed by atoms with van der Waals surface area (Å²) in [5.41, 5.74) is 2.67. The van der Waals surface area contributed by atoms with Gasteiger partial charge in [0, 0.05) is 30.1 Å². The second-order valence-corrected chi connectivity index (χ2v) is 5.80. The van der Waals surface area contributed by atoms with E-state index in [1.54, 1.807) is 0 Å². The minimum Gasteiger partial charge on any atom is -0.313 e. The van der Waals surface area contributed by atoms with Gasteiger partial charge < -0.3 is 10.2 Å². The van der Waals surface area contributed by atoms with Crippen molar-refractivity contribution >= 4 is 15.9 Å². The Hall–Kier alpha value is -0.380. The van der Waals surface area contributed by atoms with Crippen LogP contribution in [-0.2, 0) is 6.54 Å². The predicted octanol–water partition coefficient (Wildman–Crippen LogP) is 3.19. The van der Waals surface area contributed by atoms with Gasteiger partial charge in [0.1, 0.15) is 0 Å². The molecule has 0 aliphatic heterocycles. The Labute approximate surface area is 114 Å². The molecule has 0 saturated heterocycles. The van der Waals surface area contributed by atoms with Crippen LogP contribution in [0.3, 0.4) is 0 Å². The molecule has 96 valence electrons. The Morgan fingerprint density at radius 2 is 2.06 bits per heavy atom. The van der Waals surface area contributed by atoms with Crippen molar-refractivity contribution in [2.24, 2.45) is 0 Å². The lowest BCUT2D eigenvalue weighted by atomic mass is 10.1. The largest absolute Gasteiger partial charge is 0.313 e. The molecule has 0 bridgehead atoms. The molecule has 0 fully saturated rings. The van der Waals surface area contributed by atoms with E-state index in [-0.39, 0.29) is 0 Å². The highest BCUT2D eigenvalue weighted by molar-refractivity contribution is 9.10. The van der Waals surface area contributed by atoms with Gasteiger partial charge in [-0.3, -0.25) is 0 Å². The Kier molecular flexibility index (Phi) is 6.17. The van der Waals surface area contributed by atoms with E-state index in [0.717, 1.165) is 19.6 Å². The molecule has 0 aliphatic carbocycles.